The minimum Gasteiger partial charge on any atom is -0.386 e. The summed E-state index contributed by atoms with van der Waals surface area (Å²) in [7, 11) is -4.55. The van der Waals surface area contributed by atoms with E-state index in [1.165, 1.54) is 0 Å². The van der Waals surface area contributed by atoms with E-state index in [1.54, 1.807) is 6.92 Å². The normalized spacial score (nSPS) is 34.6. The number of hydrogen-bond donors (Lipinski definition) is 3. The van der Waals surface area contributed by atoms with Crippen LogP contribution in [0.2, 0.25) is 0 Å². The zero-order valence-electron chi connectivity index (χ0n) is 7.66. The number of aliphatic hydroxyl groups is 1. The zero-order chi connectivity index (χ0) is 10.9. The van der Waals surface area contributed by atoms with E-state index in [0.717, 1.165) is 0 Å². The molecule has 1 rings (SSSR count). The molecule has 0 saturated carbocycles. The van der Waals surface area contributed by atoms with E-state index in [1.807, 2.05) is 0 Å². The molecule has 1 aliphatic rings. The molecule has 3 atom stereocenters. The lowest BCUT2D eigenvalue weighted by atomic mass is 10.0. The predicted octanol–water partition coefficient (Wildman–Crippen LogP) is 0.148. The van der Waals surface area contributed by atoms with E-state index in [4.69, 9.17) is 14.5 Å². The lowest BCUT2D eigenvalue weighted by Gasteiger charge is -2.32. The second-order valence-electron chi connectivity index (χ2n) is 3.17. The second-order valence-corrected chi connectivity index (χ2v) is 4.37. The SMILES string of the molecule is C=C1CC(OP(=O)(O)O)O[C@H](C)[C@H]1O. The van der Waals surface area contributed by atoms with Crippen molar-refractivity contribution in [3.8, 4) is 0 Å². The first-order valence-corrected chi connectivity index (χ1v) is 5.58. The van der Waals surface area contributed by atoms with E-state index in [9.17, 15) is 9.67 Å². The Bertz CT molecular complexity index is 271. The molecule has 6 nitrogen and oxygen atoms in total. The number of rotatable bonds is 2. The highest BCUT2D eigenvalue weighted by Crippen LogP contribution is 2.40. The van der Waals surface area contributed by atoms with Gasteiger partial charge in [0.25, 0.3) is 0 Å². The number of phosphoric acid groups is 1. The fourth-order valence-electron chi connectivity index (χ4n) is 1.24. The van der Waals surface area contributed by atoms with E-state index in [0.29, 0.717) is 5.57 Å². The molecule has 0 aliphatic carbocycles. The highest BCUT2D eigenvalue weighted by atomic mass is 31.2. The first kappa shape index (κ1) is 11.8. The average molecular weight is 224 g/mol. The van der Waals surface area contributed by atoms with Gasteiger partial charge in [-0.1, -0.05) is 6.58 Å². The Kier molecular flexibility index (Phi) is 3.47. The molecule has 0 amide bonds. The lowest BCUT2D eigenvalue weighted by molar-refractivity contribution is -0.166. The number of phosphoric ester groups is 1. The molecule has 14 heavy (non-hydrogen) atoms. The fraction of sp³-hybridized carbons (Fsp3) is 0.714. The fourth-order valence-corrected chi connectivity index (χ4v) is 1.67. The van der Waals surface area contributed by atoms with E-state index in [-0.39, 0.29) is 6.42 Å². The van der Waals surface area contributed by atoms with Crippen LogP contribution in [0.15, 0.2) is 12.2 Å². The van der Waals surface area contributed by atoms with Gasteiger partial charge in [0, 0.05) is 6.42 Å². The van der Waals surface area contributed by atoms with Crippen LogP contribution in [0, 0.1) is 0 Å². The quantitative estimate of drug-likeness (QED) is 0.456. The van der Waals surface area contributed by atoms with Gasteiger partial charge in [0.05, 0.1) is 6.10 Å². The Morgan fingerprint density at radius 3 is 2.64 bits per heavy atom. The minimum absolute atomic E-state index is 0.0800. The van der Waals surface area contributed by atoms with E-state index < -0.39 is 26.3 Å². The summed E-state index contributed by atoms with van der Waals surface area (Å²) >= 11 is 0. The van der Waals surface area contributed by atoms with Crippen LogP contribution in [-0.4, -0.2) is 33.4 Å². The summed E-state index contributed by atoms with van der Waals surface area (Å²) in [6.07, 6.45) is -2.35. The van der Waals surface area contributed by atoms with E-state index >= 15 is 0 Å². The van der Waals surface area contributed by atoms with Crippen molar-refractivity contribution in [2.75, 3.05) is 0 Å². The molecule has 1 heterocycles. The maximum atomic E-state index is 10.5. The molecule has 1 saturated heterocycles. The van der Waals surface area contributed by atoms with Crippen LogP contribution >= 0.6 is 7.82 Å². The number of ether oxygens (including phenoxy) is 1. The standard InChI is InChI=1S/C7H13O6P/c1-4-3-6(13-14(9,10)11)12-5(2)7(4)8/h5-8H,1,3H2,2H3,(H2,9,10,11)/t5-,6?,7+/m1/s1. The van der Waals surface area contributed by atoms with Crippen molar-refractivity contribution in [1.82, 2.24) is 0 Å². The van der Waals surface area contributed by atoms with Gasteiger partial charge in [-0.2, -0.15) is 0 Å². The maximum Gasteiger partial charge on any atom is 0.471 e. The van der Waals surface area contributed by atoms with Crippen molar-refractivity contribution in [2.24, 2.45) is 0 Å². The summed E-state index contributed by atoms with van der Waals surface area (Å²) in [5, 5.41) is 9.39. The van der Waals surface area contributed by atoms with Gasteiger partial charge < -0.3 is 19.6 Å². The third-order valence-corrected chi connectivity index (χ3v) is 2.42. The minimum atomic E-state index is -4.55. The van der Waals surface area contributed by atoms with Gasteiger partial charge in [-0.05, 0) is 12.5 Å². The summed E-state index contributed by atoms with van der Waals surface area (Å²) in [6.45, 7) is 5.14. The molecular formula is C7H13O6P. The van der Waals surface area contributed by atoms with Crippen molar-refractivity contribution in [3.63, 3.8) is 0 Å². The van der Waals surface area contributed by atoms with Crippen LogP contribution < -0.4 is 0 Å². The molecule has 0 spiro atoms. The number of hydrogen-bond acceptors (Lipinski definition) is 4. The molecule has 1 fully saturated rings. The van der Waals surface area contributed by atoms with Crippen LogP contribution in [0.3, 0.4) is 0 Å². The molecule has 0 bridgehead atoms. The summed E-state index contributed by atoms with van der Waals surface area (Å²) in [5.41, 5.74) is 0.446. The van der Waals surface area contributed by atoms with Gasteiger partial charge >= 0.3 is 7.82 Å². The summed E-state index contributed by atoms with van der Waals surface area (Å²) in [5.74, 6) is 0. The van der Waals surface area contributed by atoms with Gasteiger partial charge in [0.2, 0.25) is 0 Å². The maximum absolute atomic E-state index is 10.5. The number of aliphatic hydroxyl groups excluding tert-OH is 1. The molecule has 0 radical (unpaired) electrons. The molecule has 1 unspecified atom stereocenters. The molecule has 0 aromatic rings. The van der Waals surface area contributed by atoms with Crippen molar-refractivity contribution >= 4 is 7.82 Å². The highest BCUT2D eigenvalue weighted by molar-refractivity contribution is 7.46. The third kappa shape index (κ3) is 3.16. The average Bonchev–Trinajstić information content (AvgIpc) is 1.96. The van der Waals surface area contributed by atoms with Crippen molar-refractivity contribution < 1.29 is 28.7 Å². The smallest absolute Gasteiger partial charge is 0.386 e. The van der Waals surface area contributed by atoms with Crippen molar-refractivity contribution in [3.05, 3.63) is 12.2 Å². The molecule has 1 aliphatic heterocycles. The van der Waals surface area contributed by atoms with Crippen LogP contribution in [0.25, 0.3) is 0 Å². The van der Waals surface area contributed by atoms with Gasteiger partial charge in [-0.3, -0.25) is 4.52 Å². The molecule has 7 heteroatoms. The third-order valence-electron chi connectivity index (χ3n) is 1.91. The van der Waals surface area contributed by atoms with Gasteiger partial charge in [-0.25, -0.2) is 4.57 Å². The lowest BCUT2D eigenvalue weighted by Crippen LogP contribution is -2.39. The molecule has 82 valence electrons. The van der Waals surface area contributed by atoms with Gasteiger partial charge in [0.15, 0.2) is 6.29 Å². The Morgan fingerprint density at radius 2 is 2.21 bits per heavy atom. The second kappa shape index (κ2) is 4.10. The van der Waals surface area contributed by atoms with Gasteiger partial charge in [-0.15, -0.1) is 0 Å². The predicted molar refractivity (Wildman–Crippen MR) is 47.2 cm³/mol. The monoisotopic (exact) mass is 224 g/mol. The van der Waals surface area contributed by atoms with E-state index in [2.05, 4.69) is 11.1 Å². The van der Waals surface area contributed by atoms with Gasteiger partial charge in [0.1, 0.15) is 6.10 Å². The van der Waals surface area contributed by atoms with Crippen molar-refractivity contribution in [1.29, 1.82) is 0 Å². The first-order chi connectivity index (χ1) is 6.29. The highest BCUT2D eigenvalue weighted by Gasteiger charge is 2.33. The Morgan fingerprint density at radius 1 is 1.64 bits per heavy atom. The topological polar surface area (TPSA) is 96.2 Å². The Labute approximate surface area is 81.4 Å². The molecule has 3 N–H and O–H groups in total. The molecule has 0 aromatic carbocycles. The summed E-state index contributed by atoms with van der Waals surface area (Å²) < 4.78 is 19.9. The van der Waals surface area contributed by atoms with Crippen LogP contribution in [0.1, 0.15) is 13.3 Å². The summed E-state index contributed by atoms with van der Waals surface area (Å²) in [4.78, 5) is 17.1. The van der Waals surface area contributed by atoms with Crippen LogP contribution in [-0.2, 0) is 13.8 Å². The van der Waals surface area contributed by atoms with Crippen LogP contribution in [0.5, 0.6) is 0 Å². The largest absolute Gasteiger partial charge is 0.471 e. The molecular weight excluding hydrogens is 211 g/mol. The molecule has 0 aromatic heterocycles. The zero-order valence-corrected chi connectivity index (χ0v) is 8.55. The first-order valence-electron chi connectivity index (χ1n) is 4.05. The van der Waals surface area contributed by atoms with Crippen LogP contribution in [0.4, 0.5) is 0 Å². The Balaban J connectivity index is 2.59. The summed E-state index contributed by atoms with van der Waals surface area (Å²) in [6, 6.07) is 0. The van der Waals surface area contributed by atoms with Crippen molar-refractivity contribution in [2.45, 2.75) is 31.8 Å². The Hall–Kier alpha value is -0.230.